The molecule has 1 fully saturated rings. The van der Waals surface area contributed by atoms with Gasteiger partial charge in [-0.25, -0.2) is 0 Å². The van der Waals surface area contributed by atoms with Crippen molar-refractivity contribution in [1.29, 1.82) is 0 Å². The van der Waals surface area contributed by atoms with Gasteiger partial charge in [0.25, 0.3) is 17.7 Å². The fourth-order valence-corrected chi connectivity index (χ4v) is 4.62. The highest BCUT2D eigenvalue weighted by molar-refractivity contribution is 6.15. The average Bonchev–Trinajstić information content (AvgIpc) is 3.36. The molecular weight excluding hydrogens is 454 g/mol. The van der Waals surface area contributed by atoms with Crippen molar-refractivity contribution in [2.24, 2.45) is 0 Å². The summed E-state index contributed by atoms with van der Waals surface area (Å²) in [6.07, 6.45) is 2.71. The second-order valence-electron chi connectivity index (χ2n) is 8.35. The molecule has 1 aliphatic heterocycles. The number of esters is 1. The zero-order valence-corrected chi connectivity index (χ0v) is 19.6. The summed E-state index contributed by atoms with van der Waals surface area (Å²) in [5.74, 6) is -1.16. The van der Waals surface area contributed by atoms with Gasteiger partial charge in [0.2, 0.25) is 0 Å². The monoisotopic (exact) mass is 481 g/mol. The van der Waals surface area contributed by atoms with Crippen molar-refractivity contribution in [3.8, 4) is 11.5 Å². The Morgan fingerprint density at radius 3 is 2.46 bits per heavy atom. The minimum atomic E-state index is -0.987. The van der Waals surface area contributed by atoms with Gasteiger partial charge in [0, 0.05) is 5.56 Å². The molecule has 2 N–H and O–H groups in total. The summed E-state index contributed by atoms with van der Waals surface area (Å²) in [4.78, 5) is 52.3. The molecule has 1 aliphatic carbocycles. The number of nitrogens with one attached hydrogen (secondary N) is 2. The van der Waals surface area contributed by atoms with Crippen LogP contribution in [0, 0.1) is 0 Å². The van der Waals surface area contributed by atoms with E-state index in [1.54, 1.807) is 30.3 Å². The molecule has 0 aromatic heterocycles. The standard InChI is InChI=1S/C25H27N3O7/c1-33-19-10-9-16(13-20(19)34-2)23(31)26-14-22(30)35-15-21(29)28-18-8-4-3-7-17(18)27-24(32)25(28)11-5-6-12-25/h3-4,7-10,13H,5-6,11-12,14-15H2,1-2H3,(H,26,31)(H,27,32). The van der Waals surface area contributed by atoms with Gasteiger partial charge in [0.15, 0.2) is 18.1 Å². The van der Waals surface area contributed by atoms with E-state index in [1.807, 2.05) is 0 Å². The molecule has 1 heterocycles. The number of carbonyl (C=O) groups is 4. The minimum Gasteiger partial charge on any atom is -0.493 e. The molecular formula is C25H27N3O7. The Kier molecular flexibility index (Phi) is 6.90. The number of nitrogens with zero attached hydrogens (tertiary/aromatic N) is 1. The van der Waals surface area contributed by atoms with E-state index in [0.717, 1.165) is 12.8 Å². The van der Waals surface area contributed by atoms with E-state index >= 15 is 0 Å². The van der Waals surface area contributed by atoms with Crippen LogP contribution < -0.4 is 25.0 Å². The number of ether oxygens (including phenoxy) is 3. The number of carbonyl (C=O) groups excluding carboxylic acids is 4. The van der Waals surface area contributed by atoms with Crippen molar-refractivity contribution in [3.63, 3.8) is 0 Å². The lowest BCUT2D eigenvalue weighted by molar-refractivity contribution is -0.147. The molecule has 1 saturated carbocycles. The molecule has 184 valence electrons. The Labute approximate surface area is 202 Å². The lowest BCUT2D eigenvalue weighted by atomic mass is 9.90. The molecule has 10 heteroatoms. The molecule has 2 aliphatic rings. The van der Waals surface area contributed by atoms with Crippen molar-refractivity contribution >= 4 is 35.1 Å². The normalized spacial score (nSPS) is 15.7. The van der Waals surface area contributed by atoms with Gasteiger partial charge in [-0.1, -0.05) is 25.0 Å². The van der Waals surface area contributed by atoms with Gasteiger partial charge in [-0.3, -0.25) is 24.1 Å². The van der Waals surface area contributed by atoms with Crippen LogP contribution in [0.1, 0.15) is 36.0 Å². The lowest BCUT2D eigenvalue weighted by Crippen LogP contribution is -2.61. The second-order valence-corrected chi connectivity index (χ2v) is 8.35. The third kappa shape index (κ3) is 4.64. The number of amides is 3. The van der Waals surface area contributed by atoms with E-state index in [9.17, 15) is 19.2 Å². The molecule has 1 spiro atoms. The number of fused-ring (bicyclic) bond motifs is 1. The first kappa shape index (κ1) is 24.1. The van der Waals surface area contributed by atoms with Crippen molar-refractivity contribution in [1.82, 2.24) is 5.32 Å². The van der Waals surface area contributed by atoms with E-state index in [1.165, 1.54) is 31.3 Å². The number of rotatable bonds is 7. The first-order chi connectivity index (χ1) is 16.9. The number of hydrogen-bond acceptors (Lipinski definition) is 7. The van der Waals surface area contributed by atoms with Crippen LogP contribution in [0.5, 0.6) is 11.5 Å². The Bertz CT molecular complexity index is 1160. The third-order valence-corrected chi connectivity index (χ3v) is 6.32. The van der Waals surface area contributed by atoms with E-state index in [0.29, 0.717) is 35.7 Å². The topological polar surface area (TPSA) is 123 Å². The number of methoxy groups -OCH3 is 2. The largest absolute Gasteiger partial charge is 0.493 e. The fourth-order valence-electron chi connectivity index (χ4n) is 4.62. The highest BCUT2D eigenvalue weighted by Gasteiger charge is 2.52. The molecule has 10 nitrogen and oxygen atoms in total. The predicted octanol–water partition coefficient (Wildman–Crippen LogP) is 2.27. The summed E-state index contributed by atoms with van der Waals surface area (Å²) in [7, 11) is 2.94. The Hall–Kier alpha value is -4.08. The fraction of sp³-hybridized carbons (Fsp3) is 0.360. The lowest BCUT2D eigenvalue weighted by Gasteiger charge is -2.44. The Morgan fingerprint density at radius 1 is 1.03 bits per heavy atom. The summed E-state index contributed by atoms with van der Waals surface area (Å²) >= 11 is 0. The van der Waals surface area contributed by atoms with Crippen LogP contribution in [-0.4, -0.2) is 56.6 Å². The van der Waals surface area contributed by atoms with E-state index in [-0.39, 0.29) is 11.5 Å². The Morgan fingerprint density at radius 2 is 1.74 bits per heavy atom. The summed E-state index contributed by atoms with van der Waals surface area (Å²) in [5, 5.41) is 5.36. The van der Waals surface area contributed by atoms with E-state index in [2.05, 4.69) is 10.6 Å². The van der Waals surface area contributed by atoms with E-state index < -0.39 is 36.5 Å². The molecule has 3 amide bonds. The van der Waals surface area contributed by atoms with Crippen molar-refractivity contribution < 1.29 is 33.4 Å². The van der Waals surface area contributed by atoms with Crippen LogP contribution in [0.3, 0.4) is 0 Å². The SMILES string of the molecule is COc1ccc(C(=O)NCC(=O)OCC(=O)N2c3ccccc3NC(=O)C23CCCC3)cc1OC. The van der Waals surface area contributed by atoms with Gasteiger partial charge < -0.3 is 24.8 Å². The first-order valence-electron chi connectivity index (χ1n) is 11.3. The number of para-hydroxylation sites is 2. The molecule has 2 aromatic rings. The number of anilines is 2. The van der Waals surface area contributed by atoms with Crippen molar-refractivity contribution in [2.45, 2.75) is 31.2 Å². The van der Waals surface area contributed by atoms with Crippen LogP contribution in [0.25, 0.3) is 0 Å². The predicted molar refractivity (Wildman–Crippen MR) is 127 cm³/mol. The van der Waals surface area contributed by atoms with Gasteiger partial charge in [0.05, 0.1) is 25.6 Å². The molecule has 0 bridgehead atoms. The smallest absolute Gasteiger partial charge is 0.325 e. The number of hydrogen-bond donors (Lipinski definition) is 2. The van der Waals surface area contributed by atoms with Gasteiger partial charge in [-0.15, -0.1) is 0 Å². The van der Waals surface area contributed by atoms with Gasteiger partial charge >= 0.3 is 5.97 Å². The molecule has 35 heavy (non-hydrogen) atoms. The van der Waals surface area contributed by atoms with Crippen LogP contribution in [0.2, 0.25) is 0 Å². The first-order valence-corrected chi connectivity index (χ1v) is 11.3. The molecule has 4 rings (SSSR count). The zero-order chi connectivity index (χ0) is 25.0. The molecule has 0 saturated heterocycles. The minimum absolute atomic E-state index is 0.226. The maximum Gasteiger partial charge on any atom is 0.325 e. The summed E-state index contributed by atoms with van der Waals surface area (Å²) in [5.41, 5.74) is 0.402. The highest BCUT2D eigenvalue weighted by atomic mass is 16.5. The molecule has 0 radical (unpaired) electrons. The average molecular weight is 482 g/mol. The van der Waals surface area contributed by atoms with E-state index in [4.69, 9.17) is 14.2 Å². The third-order valence-electron chi connectivity index (χ3n) is 6.32. The summed E-state index contributed by atoms with van der Waals surface area (Å²) < 4.78 is 15.5. The molecule has 0 unspecified atom stereocenters. The zero-order valence-electron chi connectivity index (χ0n) is 19.6. The highest BCUT2D eigenvalue weighted by Crippen LogP contribution is 2.45. The molecule has 0 atom stereocenters. The number of benzene rings is 2. The second kappa shape index (κ2) is 10.0. The maximum absolute atomic E-state index is 13.2. The van der Waals surface area contributed by atoms with Crippen LogP contribution in [-0.2, 0) is 19.1 Å². The van der Waals surface area contributed by atoms with Crippen LogP contribution in [0.15, 0.2) is 42.5 Å². The van der Waals surface area contributed by atoms with Gasteiger partial charge in [0.1, 0.15) is 12.1 Å². The molecule has 2 aromatic carbocycles. The van der Waals surface area contributed by atoms with Crippen LogP contribution >= 0.6 is 0 Å². The quantitative estimate of drug-likeness (QED) is 0.582. The summed E-state index contributed by atoms with van der Waals surface area (Å²) in [6, 6.07) is 11.7. The Balaban J connectivity index is 1.38. The maximum atomic E-state index is 13.2. The van der Waals surface area contributed by atoms with Crippen molar-refractivity contribution in [2.75, 3.05) is 37.6 Å². The van der Waals surface area contributed by atoms with Crippen LogP contribution in [0.4, 0.5) is 11.4 Å². The van der Waals surface area contributed by atoms with Gasteiger partial charge in [-0.2, -0.15) is 0 Å². The summed E-state index contributed by atoms with van der Waals surface area (Å²) in [6.45, 7) is -0.975. The van der Waals surface area contributed by atoms with Gasteiger partial charge in [-0.05, 0) is 43.2 Å². The van der Waals surface area contributed by atoms with Crippen molar-refractivity contribution in [3.05, 3.63) is 48.0 Å².